The van der Waals surface area contributed by atoms with Gasteiger partial charge in [0.05, 0.1) is 0 Å². The maximum atomic E-state index is 4.62. The van der Waals surface area contributed by atoms with Crippen molar-refractivity contribution in [1.29, 1.82) is 0 Å². The highest BCUT2D eigenvalue weighted by molar-refractivity contribution is 14.0. The summed E-state index contributed by atoms with van der Waals surface area (Å²) in [7, 11) is 2.19. The third-order valence-electron chi connectivity index (χ3n) is 3.66. The predicted molar refractivity (Wildman–Crippen MR) is 99.1 cm³/mol. The zero-order valence-corrected chi connectivity index (χ0v) is 15.9. The zero-order valence-electron chi connectivity index (χ0n) is 13.6. The number of hydrogen-bond acceptors (Lipinski definition) is 2. The van der Waals surface area contributed by atoms with Gasteiger partial charge in [-0.3, -0.25) is 4.99 Å². The Morgan fingerprint density at radius 3 is 2.50 bits per heavy atom. The van der Waals surface area contributed by atoms with E-state index in [0.717, 1.165) is 31.5 Å². The fourth-order valence-electron chi connectivity index (χ4n) is 1.81. The number of halogens is 1. The molecule has 1 fully saturated rings. The molecule has 0 spiro atoms. The van der Waals surface area contributed by atoms with Gasteiger partial charge in [0.25, 0.3) is 0 Å². The Morgan fingerprint density at radius 2 is 1.95 bits per heavy atom. The van der Waals surface area contributed by atoms with E-state index in [0.29, 0.717) is 6.04 Å². The Hall–Kier alpha value is -0.0400. The summed E-state index contributed by atoms with van der Waals surface area (Å²) in [5.74, 6) is 1.85. The lowest BCUT2D eigenvalue weighted by Crippen LogP contribution is -2.38. The summed E-state index contributed by atoms with van der Waals surface area (Å²) in [5.41, 5.74) is 0. The van der Waals surface area contributed by atoms with Gasteiger partial charge in [-0.1, -0.05) is 0 Å². The lowest BCUT2D eigenvalue weighted by atomic mass is 10.2. The average molecular weight is 396 g/mol. The Kier molecular flexibility index (Phi) is 11.6. The van der Waals surface area contributed by atoms with Crippen LogP contribution in [0.2, 0.25) is 0 Å². The molecule has 0 aliphatic heterocycles. The van der Waals surface area contributed by atoms with E-state index in [2.05, 4.69) is 48.3 Å². The van der Waals surface area contributed by atoms with Crippen molar-refractivity contribution in [3.8, 4) is 0 Å². The van der Waals surface area contributed by atoms with Crippen LogP contribution < -0.4 is 10.6 Å². The minimum atomic E-state index is 0. The highest BCUT2D eigenvalue weighted by atomic mass is 127. The summed E-state index contributed by atoms with van der Waals surface area (Å²) in [5, 5.41) is 6.74. The van der Waals surface area contributed by atoms with Crippen molar-refractivity contribution in [2.75, 3.05) is 33.2 Å². The van der Waals surface area contributed by atoms with Gasteiger partial charge in [-0.05, 0) is 66.0 Å². The van der Waals surface area contributed by atoms with Gasteiger partial charge < -0.3 is 15.5 Å². The first-order valence-electron chi connectivity index (χ1n) is 7.86. The lowest BCUT2D eigenvalue weighted by Gasteiger charge is -2.20. The molecule has 1 saturated carbocycles. The Balaban J connectivity index is 0.00000361. The van der Waals surface area contributed by atoms with Gasteiger partial charge >= 0.3 is 0 Å². The highest BCUT2D eigenvalue weighted by Crippen LogP contribution is 2.28. The molecule has 0 radical (unpaired) electrons. The van der Waals surface area contributed by atoms with Gasteiger partial charge in [0.1, 0.15) is 0 Å². The van der Waals surface area contributed by atoms with Crippen molar-refractivity contribution in [1.82, 2.24) is 15.5 Å². The van der Waals surface area contributed by atoms with Gasteiger partial charge in [-0.2, -0.15) is 0 Å². The largest absolute Gasteiger partial charge is 0.357 e. The third-order valence-corrected chi connectivity index (χ3v) is 3.66. The van der Waals surface area contributed by atoms with Crippen LogP contribution in [0.3, 0.4) is 0 Å². The number of unbranched alkanes of at least 4 members (excludes halogenated alkanes) is 1. The van der Waals surface area contributed by atoms with Crippen LogP contribution >= 0.6 is 24.0 Å². The van der Waals surface area contributed by atoms with E-state index in [-0.39, 0.29) is 24.0 Å². The maximum absolute atomic E-state index is 4.62. The highest BCUT2D eigenvalue weighted by Gasteiger charge is 2.20. The molecule has 0 amide bonds. The second-order valence-electron chi connectivity index (χ2n) is 5.87. The normalized spacial score (nSPS) is 15.4. The van der Waals surface area contributed by atoms with E-state index in [1.54, 1.807) is 0 Å². The van der Waals surface area contributed by atoms with Crippen LogP contribution in [0.25, 0.3) is 0 Å². The number of nitrogens with zero attached hydrogens (tertiary/aromatic N) is 2. The quantitative estimate of drug-likeness (QED) is 0.273. The molecule has 0 bridgehead atoms. The first-order chi connectivity index (χ1) is 9.13. The molecule has 0 saturated heterocycles. The maximum Gasteiger partial charge on any atom is 0.191 e. The summed E-state index contributed by atoms with van der Waals surface area (Å²) in [6.07, 6.45) is 5.17. The minimum Gasteiger partial charge on any atom is -0.357 e. The molecular formula is C15H33IN4. The van der Waals surface area contributed by atoms with Crippen LogP contribution in [0.1, 0.15) is 46.5 Å². The fourth-order valence-corrected chi connectivity index (χ4v) is 1.81. The second kappa shape index (κ2) is 11.6. The van der Waals surface area contributed by atoms with Crippen LogP contribution in [-0.4, -0.2) is 50.1 Å². The first-order valence-corrected chi connectivity index (χ1v) is 7.86. The molecule has 0 aromatic carbocycles. The molecule has 0 aromatic rings. The summed E-state index contributed by atoms with van der Waals surface area (Å²) in [6.45, 7) is 10.7. The van der Waals surface area contributed by atoms with E-state index in [1.165, 1.54) is 32.2 Å². The molecule has 0 aromatic heterocycles. The summed E-state index contributed by atoms with van der Waals surface area (Å²) in [6, 6.07) is 0.644. The zero-order chi connectivity index (χ0) is 14.1. The van der Waals surface area contributed by atoms with E-state index < -0.39 is 0 Å². The molecule has 0 unspecified atom stereocenters. The first kappa shape index (κ1) is 20.0. The smallest absolute Gasteiger partial charge is 0.191 e. The Morgan fingerprint density at radius 1 is 1.25 bits per heavy atom. The SMILES string of the molecule is CCNC(=NCC1CC1)NCCCCN(C)C(C)C.I. The van der Waals surface area contributed by atoms with Crippen molar-refractivity contribution in [2.45, 2.75) is 52.5 Å². The molecule has 0 heterocycles. The molecule has 5 heteroatoms. The van der Waals surface area contributed by atoms with Gasteiger partial charge in [0.2, 0.25) is 0 Å². The summed E-state index contributed by atoms with van der Waals surface area (Å²) >= 11 is 0. The Bertz CT molecular complexity index is 265. The molecule has 120 valence electrons. The number of guanidine groups is 1. The van der Waals surface area contributed by atoms with Gasteiger partial charge in [-0.15, -0.1) is 24.0 Å². The molecule has 2 N–H and O–H groups in total. The predicted octanol–water partition coefficient (Wildman–Crippen LogP) is 2.69. The van der Waals surface area contributed by atoms with Crippen molar-refractivity contribution < 1.29 is 0 Å². The van der Waals surface area contributed by atoms with Gasteiger partial charge in [0, 0.05) is 25.7 Å². The van der Waals surface area contributed by atoms with Crippen LogP contribution in [0, 0.1) is 5.92 Å². The monoisotopic (exact) mass is 396 g/mol. The van der Waals surface area contributed by atoms with Crippen LogP contribution in [0.5, 0.6) is 0 Å². The number of rotatable bonds is 9. The number of nitrogens with one attached hydrogen (secondary N) is 2. The van der Waals surface area contributed by atoms with Crippen molar-refractivity contribution in [3.63, 3.8) is 0 Å². The average Bonchev–Trinajstić information content (AvgIpc) is 3.19. The van der Waals surface area contributed by atoms with Crippen molar-refractivity contribution in [3.05, 3.63) is 0 Å². The van der Waals surface area contributed by atoms with Crippen LogP contribution in [0.4, 0.5) is 0 Å². The van der Waals surface area contributed by atoms with Crippen molar-refractivity contribution in [2.24, 2.45) is 10.9 Å². The van der Waals surface area contributed by atoms with Crippen LogP contribution in [-0.2, 0) is 0 Å². The van der Waals surface area contributed by atoms with E-state index in [9.17, 15) is 0 Å². The summed E-state index contributed by atoms with van der Waals surface area (Å²) in [4.78, 5) is 7.02. The molecule has 0 atom stereocenters. The molecule has 1 aliphatic rings. The number of aliphatic imine (C=N–C) groups is 1. The van der Waals surface area contributed by atoms with E-state index in [4.69, 9.17) is 0 Å². The molecular weight excluding hydrogens is 363 g/mol. The van der Waals surface area contributed by atoms with E-state index >= 15 is 0 Å². The van der Waals surface area contributed by atoms with E-state index in [1.807, 2.05) is 0 Å². The van der Waals surface area contributed by atoms with Gasteiger partial charge in [-0.25, -0.2) is 0 Å². The lowest BCUT2D eigenvalue weighted by molar-refractivity contribution is 0.268. The molecule has 4 nitrogen and oxygen atoms in total. The summed E-state index contributed by atoms with van der Waals surface area (Å²) < 4.78 is 0. The van der Waals surface area contributed by atoms with Crippen molar-refractivity contribution >= 4 is 29.9 Å². The fraction of sp³-hybridized carbons (Fsp3) is 0.933. The van der Waals surface area contributed by atoms with Gasteiger partial charge in [0.15, 0.2) is 5.96 Å². The van der Waals surface area contributed by atoms with Crippen LogP contribution in [0.15, 0.2) is 4.99 Å². The minimum absolute atomic E-state index is 0. The molecule has 1 rings (SSSR count). The molecule has 1 aliphatic carbocycles. The second-order valence-corrected chi connectivity index (χ2v) is 5.87. The Labute approximate surface area is 142 Å². The molecule has 20 heavy (non-hydrogen) atoms. The number of hydrogen-bond donors (Lipinski definition) is 2. The topological polar surface area (TPSA) is 39.7 Å². The standard InChI is InChI=1S/C15H32N4.HI/c1-5-16-15(18-12-14-8-9-14)17-10-6-7-11-19(4)13(2)3;/h13-14H,5-12H2,1-4H3,(H2,16,17,18);1H. The third kappa shape index (κ3) is 9.80.